The lowest BCUT2D eigenvalue weighted by molar-refractivity contribution is -0.130. The van der Waals surface area contributed by atoms with Crippen LogP contribution in [0.4, 0.5) is 4.79 Å². The summed E-state index contributed by atoms with van der Waals surface area (Å²) in [6.45, 7) is 6.70. The molecular formula is C20H29N3O3. The highest BCUT2D eigenvalue weighted by Gasteiger charge is 2.41. The molecule has 2 heterocycles. The van der Waals surface area contributed by atoms with Gasteiger partial charge in [-0.25, -0.2) is 4.79 Å². The van der Waals surface area contributed by atoms with Crippen molar-refractivity contribution in [3.63, 3.8) is 0 Å². The molecule has 0 bridgehead atoms. The second-order valence-electron chi connectivity index (χ2n) is 7.53. The van der Waals surface area contributed by atoms with E-state index in [2.05, 4.69) is 10.2 Å². The van der Waals surface area contributed by atoms with Crippen molar-refractivity contribution in [2.75, 3.05) is 32.7 Å². The number of carbonyl (C=O) groups is 2. The number of hydrogen-bond donors (Lipinski definition) is 2. The van der Waals surface area contributed by atoms with Crippen LogP contribution < -0.4 is 5.32 Å². The molecule has 2 amide bonds. The Morgan fingerprint density at radius 1 is 1.15 bits per heavy atom. The third kappa shape index (κ3) is 4.55. The van der Waals surface area contributed by atoms with Crippen molar-refractivity contribution in [3.8, 4) is 0 Å². The van der Waals surface area contributed by atoms with E-state index in [-0.39, 0.29) is 6.04 Å². The van der Waals surface area contributed by atoms with Gasteiger partial charge in [0.15, 0.2) is 0 Å². The van der Waals surface area contributed by atoms with Crippen molar-refractivity contribution in [1.82, 2.24) is 15.1 Å². The first-order chi connectivity index (χ1) is 12.6. The van der Waals surface area contributed by atoms with Gasteiger partial charge in [0.1, 0.15) is 0 Å². The van der Waals surface area contributed by atoms with Crippen molar-refractivity contribution < 1.29 is 14.7 Å². The summed E-state index contributed by atoms with van der Waals surface area (Å²) >= 11 is 0. The Hall–Kier alpha value is -2.08. The van der Waals surface area contributed by atoms with E-state index in [0.717, 1.165) is 51.1 Å². The molecule has 1 aromatic carbocycles. The zero-order chi connectivity index (χ0) is 18.5. The lowest BCUT2D eigenvalue weighted by atomic mass is 10.0. The summed E-state index contributed by atoms with van der Waals surface area (Å²) < 4.78 is 0. The van der Waals surface area contributed by atoms with Gasteiger partial charge in [-0.3, -0.25) is 4.79 Å². The van der Waals surface area contributed by atoms with Crippen LogP contribution >= 0.6 is 0 Å². The highest BCUT2D eigenvalue weighted by Crippen LogP contribution is 2.32. The first-order valence-electron chi connectivity index (χ1n) is 9.61. The molecule has 0 aliphatic carbocycles. The predicted molar refractivity (Wildman–Crippen MR) is 99.9 cm³/mol. The van der Waals surface area contributed by atoms with Crippen LogP contribution in [0.5, 0.6) is 0 Å². The van der Waals surface area contributed by atoms with Gasteiger partial charge in [0.05, 0.1) is 6.04 Å². The quantitative estimate of drug-likeness (QED) is 0.785. The zero-order valence-corrected chi connectivity index (χ0v) is 15.4. The Labute approximate surface area is 155 Å². The second-order valence-corrected chi connectivity index (χ2v) is 7.53. The van der Waals surface area contributed by atoms with Gasteiger partial charge in [0.25, 0.3) is 0 Å². The van der Waals surface area contributed by atoms with Crippen LogP contribution in [-0.4, -0.2) is 59.6 Å². The van der Waals surface area contributed by atoms with Gasteiger partial charge >= 0.3 is 6.09 Å². The van der Waals surface area contributed by atoms with Crippen LogP contribution in [0, 0.1) is 11.8 Å². The number of nitrogens with zero attached hydrogens (tertiary/aromatic N) is 2. The first kappa shape index (κ1) is 18.7. The van der Waals surface area contributed by atoms with E-state index in [1.807, 2.05) is 42.2 Å². The van der Waals surface area contributed by atoms with Gasteiger partial charge in [0, 0.05) is 39.1 Å². The Balaban J connectivity index is 1.50. The largest absolute Gasteiger partial charge is 0.465 e. The fraction of sp³-hybridized carbons (Fsp3) is 0.600. The fourth-order valence-electron chi connectivity index (χ4n) is 4.32. The standard InChI is InChI=1S/C20H29N3O3/c1-2-6-19(24)23-13-16-11-22(12-17(16)14-23)10-9-18(21-20(25)26)15-7-4-3-5-8-15/h3-5,7-8,16-18,21H,2,6,9-14H2,1H3,(H,25,26)/t16-,17?,18?/m0/s1. The molecule has 3 rings (SSSR count). The van der Waals surface area contributed by atoms with E-state index < -0.39 is 6.09 Å². The van der Waals surface area contributed by atoms with Crippen LogP contribution in [0.1, 0.15) is 37.8 Å². The molecule has 6 nitrogen and oxygen atoms in total. The lowest BCUT2D eigenvalue weighted by Crippen LogP contribution is -2.35. The maximum Gasteiger partial charge on any atom is 0.405 e. The molecule has 2 unspecified atom stereocenters. The Bertz CT molecular complexity index is 608. The van der Waals surface area contributed by atoms with Crippen molar-refractivity contribution in [1.29, 1.82) is 0 Å². The maximum absolute atomic E-state index is 12.1. The van der Waals surface area contributed by atoms with E-state index in [9.17, 15) is 9.59 Å². The summed E-state index contributed by atoms with van der Waals surface area (Å²) in [5.74, 6) is 1.43. The highest BCUT2D eigenvalue weighted by molar-refractivity contribution is 5.76. The topological polar surface area (TPSA) is 72.9 Å². The number of rotatable bonds is 7. The summed E-state index contributed by atoms with van der Waals surface area (Å²) in [7, 11) is 0. The summed E-state index contributed by atoms with van der Waals surface area (Å²) in [6, 6.07) is 9.57. The summed E-state index contributed by atoms with van der Waals surface area (Å²) in [5.41, 5.74) is 1.01. The van der Waals surface area contributed by atoms with Crippen molar-refractivity contribution >= 4 is 12.0 Å². The van der Waals surface area contributed by atoms with E-state index in [0.29, 0.717) is 24.2 Å². The molecule has 3 atom stereocenters. The van der Waals surface area contributed by atoms with Crippen molar-refractivity contribution in [3.05, 3.63) is 35.9 Å². The molecule has 2 aliphatic rings. The smallest absolute Gasteiger partial charge is 0.405 e. The molecule has 6 heteroatoms. The Morgan fingerprint density at radius 2 is 1.81 bits per heavy atom. The highest BCUT2D eigenvalue weighted by atomic mass is 16.4. The van der Waals surface area contributed by atoms with Crippen LogP contribution in [0.2, 0.25) is 0 Å². The summed E-state index contributed by atoms with van der Waals surface area (Å²) in [6.07, 6.45) is 1.34. The monoisotopic (exact) mass is 359 g/mol. The molecule has 2 N–H and O–H groups in total. The Morgan fingerprint density at radius 3 is 2.38 bits per heavy atom. The van der Waals surface area contributed by atoms with E-state index in [1.54, 1.807) is 0 Å². The minimum Gasteiger partial charge on any atom is -0.465 e. The molecule has 2 saturated heterocycles. The molecule has 2 aliphatic heterocycles. The second kappa shape index (κ2) is 8.54. The normalized spacial score (nSPS) is 23.7. The third-order valence-electron chi connectivity index (χ3n) is 5.61. The van der Waals surface area contributed by atoms with E-state index in [4.69, 9.17) is 5.11 Å². The van der Waals surface area contributed by atoms with Crippen LogP contribution in [0.25, 0.3) is 0 Å². The number of fused-ring (bicyclic) bond motifs is 1. The van der Waals surface area contributed by atoms with Gasteiger partial charge in [-0.1, -0.05) is 37.3 Å². The third-order valence-corrected chi connectivity index (χ3v) is 5.61. The SMILES string of the molecule is CCCC(=O)N1CC2CN(CCC(NC(=O)O)c3ccccc3)C[C@H]2C1. The number of hydrogen-bond acceptors (Lipinski definition) is 3. The molecular weight excluding hydrogens is 330 g/mol. The molecule has 2 fully saturated rings. The fourth-order valence-corrected chi connectivity index (χ4v) is 4.32. The van der Waals surface area contributed by atoms with Gasteiger partial charge in [-0.15, -0.1) is 0 Å². The van der Waals surface area contributed by atoms with Crippen LogP contribution in [0.3, 0.4) is 0 Å². The number of amides is 2. The number of carbonyl (C=O) groups excluding carboxylic acids is 1. The number of carboxylic acid groups (broad SMARTS) is 1. The first-order valence-corrected chi connectivity index (χ1v) is 9.61. The minimum atomic E-state index is -0.984. The average molecular weight is 359 g/mol. The average Bonchev–Trinajstić information content (AvgIpc) is 3.18. The van der Waals surface area contributed by atoms with E-state index >= 15 is 0 Å². The maximum atomic E-state index is 12.1. The van der Waals surface area contributed by atoms with E-state index in [1.165, 1.54) is 0 Å². The number of benzene rings is 1. The zero-order valence-electron chi connectivity index (χ0n) is 15.4. The van der Waals surface area contributed by atoms with Gasteiger partial charge < -0.3 is 20.2 Å². The summed E-state index contributed by atoms with van der Waals surface area (Å²) in [4.78, 5) is 27.7. The molecule has 1 aromatic rings. The molecule has 142 valence electrons. The predicted octanol–water partition coefficient (Wildman–Crippen LogP) is 2.58. The molecule has 0 aromatic heterocycles. The minimum absolute atomic E-state index is 0.184. The Kier molecular flexibility index (Phi) is 6.14. The summed E-state index contributed by atoms with van der Waals surface area (Å²) in [5, 5.41) is 11.8. The van der Waals surface area contributed by atoms with Gasteiger partial charge in [-0.05, 0) is 30.2 Å². The lowest BCUT2D eigenvalue weighted by Gasteiger charge is -2.24. The number of likely N-dealkylation sites (tertiary alicyclic amines) is 2. The van der Waals surface area contributed by atoms with Crippen molar-refractivity contribution in [2.24, 2.45) is 11.8 Å². The number of nitrogens with one attached hydrogen (secondary N) is 1. The van der Waals surface area contributed by atoms with Crippen molar-refractivity contribution in [2.45, 2.75) is 32.2 Å². The molecule has 0 spiro atoms. The van der Waals surface area contributed by atoms with Crippen LogP contribution in [0.15, 0.2) is 30.3 Å². The van der Waals surface area contributed by atoms with Crippen LogP contribution in [-0.2, 0) is 4.79 Å². The molecule has 26 heavy (non-hydrogen) atoms. The molecule has 0 radical (unpaired) electrons. The van der Waals surface area contributed by atoms with Gasteiger partial charge in [-0.2, -0.15) is 0 Å². The molecule has 0 saturated carbocycles. The van der Waals surface area contributed by atoms with Gasteiger partial charge in [0.2, 0.25) is 5.91 Å².